The lowest BCUT2D eigenvalue weighted by molar-refractivity contribution is -0.116. The molecule has 1 amide bonds. The van der Waals surface area contributed by atoms with E-state index in [0.29, 0.717) is 23.4 Å². The van der Waals surface area contributed by atoms with Gasteiger partial charge in [0.25, 0.3) is 0 Å². The average molecular weight is 481 g/mol. The standard InChI is InChI=1S/C24H29ClN8O/c1-17(34)33(22-4-2-21(3-5-22)32-15-29-30-16-32)11-8-19-12-24(19,26)18-6-9-31(10-7-18)23-27-13-20(25)14-28-23/h2-5,13-16,18-19H,6-12,26H2,1H3. The van der Waals surface area contributed by atoms with E-state index in [-0.39, 0.29) is 11.4 Å². The summed E-state index contributed by atoms with van der Waals surface area (Å²) in [5.74, 6) is 1.69. The number of carbonyl (C=O) groups is 1. The van der Waals surface area contributed by atoms with E-state index < -0.39 is 0 Å². The Morgan fingerprint density at radius 1 is 1.15 bits per heavy atom. The number of amides is 1. The van der Waals surface area contributed by atoms with Crippen LogP contribution in [0.5, 0.6) is 0 Å². The van der Waals surface area contributed by atoms with Crippen molar-refractivity contribution in [3.8, 4) is 5.69 Å². The van der Waals surface area contributed by atoms with Crippen LogP contribution in [0.4, 0.5) is 11.6 Å². The third-order valence-corrected chi connectivity index (χ3v) is 7.50. The zero-order valence-corrected chi connectivity index (χ0v) is 20.0. The maximum absolute atomic E-state index is 12.4. The first kappa shape index (κ1) is 22.7. The molecule has 34 heavy (non-hydrogen) atoms. The summed E-state index contributed by atoms with van der Waals surface area (Å²) in [4.78, 5) is 25.1. The van der Waals surface area contributed by atoms with Crippen molar-refractivity contribution in [3.63, 3.8) is 0 Å². The van der Waals surface area contributed by atoms with Crippen molar-refractivity contribution >= 4 is 29.1 Å². The number of aromatic nitrogens is 5. The van der Waals surface area contributed by atoms with Crippen LogP contribution >= 0.6 is 11.6 Å². The van der Waals surface area contributed by atoms with E-state index >= 15 is 0 Å². The summed E-state index contributed by atoms with van der Waals surface area (Å²) >= 11 is 5.91. The Labute approximate surface area is 204 Å². The molecule has 0 spiro atoms. The number of nitrogens with two attached hydrogens (primary N) is 1. The van der Waals surface area contributed by atoms with Gasteiger partial charge in [-0.05, 0) is 61.8 Å². The van der Waals surface area contributed by atoms with Crippen molar-refractivity contribution in [2.45, 2.75) is 38.1 Å². The van der Waals surface area contributed by atoms with E-state index in [2.05, 4.69) is 25.1 Å². The highest BCUT2D eigenvalue weighted by atomic mass is 35.5. The zero-order valence-electron chi connectivity index (χ0n) is 19.2. The number of anilines is 2. The first-order valence-corrected chi connectivity index (χ1v) is 12.1. The predicted molar refractivity (Wildman–Crippen MR) is 131 cm³/mol. The lowest BCUT2D eigenvalue weighted by atomic mass is 9.86. The Morgan fingerprint density at radius 2 is 1.79 bits per heavy atom. The van der Waals surface area contributed by atoms with Crippen molar-refractivity contribution in [1.29, 1.82) is 0 Å². The van der Waals surface area contributed by atoms with E-state index in [9.17, 15) is 4.79 Å². The number of rotatable bonds is 7. The largest absolute Gasteiger partial charge is 0.341 e. The van der Waals surface area contributed by atoms with Gasteiger partial charge in [-0.25, -0.2) is 9.97 Å². The topological polar surface area (TPSA) is 106 Å². The molecule has 1 aromatic carbocycles. The summed E-state index contributed by atoms with van der Waals surface area (Å²) in [6.07, 6.45) is 10.6. The predicted octanol–water partition coefficient (Wildman–Crippen LogP) is 3.09. The molecule has 178 valence electrons. The van der Waals surface area contributed by atoms with Gasteiger partial charge < -0.3 is 15.5 Å². The van der Waals surface area contributed by atoms with Crippen LogP contribution in [0.3, 0.4) is 0 Å². The summed E-state index contributed by atoms with van der Waals surface area (Å²) < 4.78 is 1.83. The molecule has 1 aliphatic carbocycles. The quantitative estimate of drug-likeness (QED) is 0.553. The van der Waals surface area contributed by atoms with Crippen molar-refractivity contribution in [1.82, 2.24) is 24.7 Å². The third-order valence-electron chi connectivity index (χ3n) is 7.30. The molecule has 0 bridgehead atoms. The van der Waals surface area contributed by atoms with E-state index in [4.69, 9.17) is 17.3 Å². The van der Waals surface area contributed by atoms with Gasteiger partial charge in [-0.3, -0.25) is 9.36 Å². The Kier molecular flexibility index (Phi) is 6.22. The van der Waals surface area contributed by atoms with Gasteiger partial charge in [-0.15, -0.1) is 10.2 Å². The zero-order chi connectivity index (χ0) is 23.7. The molecule has 2 unspecified atom stereocenters. The number of hydrogen-bond donors (Lipinski definition) is 1. The summed E-state index contributed by atoms with van der Waals surface area (Å²) in [5.41, 5.74) is 8.57. The molecule has 2 aliphatic rings. The number of carbonyl (C=O) groups excluding carboxylic acids is 1. The second kappa shape index (κ2) is 9.31. The molecule has 0 radical (unpaired) electrons. The monoisotopic (exact) mass is 480 g/mol. The minimum absolute atomic E-state index is 0.0385. The fraction of sp³-hybridized carbons (Fsp3) is 0.458. The van der Waals surface area contributed by atoms with Crippen LogP contribution in [0, 0.1) is 11.8 Å². The number of benzene rings is 1. The first-order valence-electron chi connectivity index (χ1n) is 11.7. The minimum atomic E-state index is -0.131. The maximum Gasteiger partial charge on any atom is 0.225 e. The lowest BCUT2D eigenvalue weighted by Gasteiger charge is -2.35. The first-order chi connectivity index (χ1) is 16.4. The molecule has 3 aromatic rings. The molecule has 2 atom stereocenters. The van der Waals surface area contributed by atoms with Gasteiger partial charge >= 0.3 is 0 Å². The molecule has 5 rings (SSSR count). The van der Waals surface area contributed by atoms with E-state index in [1.807, 2.05) is 33.7 Å². The van der Waals surface area contributed by atoms with Gasteiger partial charge in [0.1, 0.15) is 12.7 Å². The fourth-order valence-corrected chi connectivity index (χ4v) is 5.31. The van der Waals surface area contributed by atoms with E-state index in [1.165, 1.54) is 0 Å². The van der Waals surface area contributed by atoms with Crippen LogP contribution in [0.1, 0.15) is 32.6 Å². The van der Waals surface area contributed by atoms with Gasteiger partial charge in [-0.1, -0.05) is 11.6 Å². The lowest BCUT2D eigenvalue weighted by Crippen LogP contribution is -2.44. The molecule has 1 saturated carbocycles. The molecule has 2 N–H and O–H groups in total. The van der Waals surface area contributed by atoms with Crippen LogP contribution in [0.15, 0.2) is 49.3 Å². The Bertz CT molecular complexity index is 1110. The Balaban J connectivity index is 1.15. The Hall–Kier alpha value is -3.04. The molecular weight excluding hydrogens is 452 g/mol. The van der Waals surface area contributed by atoms with Crippen LogP contribution in [0.2, 0.25) is 5.02 Å². The van der Waals surface area contributed by atoms with Gasteiger partial charge in [0.05, 0.1) is 17.4 Å². The third kappa shape index (κ3) is 4.63. The van der Waals surface area contributed by atoms with Crippen molar-refractivity contribution in [2.75, 3.05) is 29.4 Å². The second-order valence-corrected chi connectivity index (χ2v) is 9.76. The summed E-state index contributed by atoms with van der Waals surface area (Å²) in [5, 5.41) is 8.22. The number of hydrogen-bond acceptors (Lipinski definition) is 7. The molecule has 10 heteroatoms. The molecular formula is C24H29ClN8O. The molecule has 1 saturated heterocycles. The normalized spacial score (nSPS) is 22.6. The Morgan fingerprint density at radius 3 is 2.41 bits per heavy atom. The summed E-state index contributed by atoms with van der Waals surface area (Å²) in [6, 6.07) is 7.87. The van der Waals surface area contributed by atoms with Crippen LogP contribution in [-0.4, -0.2) is 55.8 Å². The van der Waals surface area contributed by atoms with Crippen LogP contribution in [0.25, 0.3) is 5.69 Å². The average Bonchev–Trinajstić information content (AvgIpc) is 3.24. The van der Waals surface area contributed by atoms with E-state index in [0.717, 1.165) is 56.1 Å². The van der Waals surface area contributed by atoms with E-state index in [1.54, 1.807) is 32.0 Å². The van der Waals surface area contributed by atoms with Crippen molar-refractivity contribution in [3.05, 3.63) is 54.3 Å². The highest BCUT2D eigenvalue weighted by Gasteiger charge is 2.55. The van der Waals surface area contributed by atoms with Gasteiger partial charge in [0.15, 0.2) is 0 Å². The van der Waals surface area contributed by atoms with Crippen LogP contribution in [-0.2, 0) is 4.79 Å². The molecule has 1 aliphatic heterocycles. The van der Waals surface area contributed by atoms with Crippen LogP contribution < -0.4 is 15.5 Å². The SMILES string of the molecule is CC(=O)N(CCC1CC1(N)C1CCN(c2ncc(Cl)cn2)CC1)c1ccc(-n2cnnc2)cc1. The number of halogens is 1. The molecule has 2 fully saturated rings. The summed E-state index contributed by atoms with van der Waals surface area (Å²) in [7, 11) is 0. The van der Waals surface area contributed by atoms with Gasteiger partial charge in [0, 0.05) is 43.5 Å². The number of nitrogens with zero attached hydrogens (tertiary/aromatic N) is 7. The van der Waals surface area contributed by atoms with Gasteiger partial charge in [-0.2, -0.15) is 0 Å². The van der Waals surface area contributed by atoms with Crippen molar-refractivity contribution < 1.29 is 4.79 Å². The summed E-state index contributed by atoms with van der Waals surface area (Å²) in [6.45, 7) is 4.08. The van der Waals surface area contributed by atoms with Gasteiger partial charge in [0.2, 0.25) is 11.9 Å². The smallest absolute Gasteiger partial charge is 0.225 e. The second-order valence-electron chi connectivity index (χ2n) is 9.32. The highest BCUT2D eigenvalue weighted by Crippen LogP contribution is 2.52. The molecule has 9 nitrogen and oxygen atoms in total. The highest BCUT2D eigenvalue weighted by molar-refractivity contribution is 6.30. The minimum Gasteiger partial charge on any atom is -0.341 e. The molecule has 2 aromatic heterocycles. The van der Waals surface area contributed by atoms with Crippen molar-refractivity contribution in [2.24, 2.45) is 17.6 Å². The maximum atomic E-state index is 12.4. The fourth-order valence-electron chi connectivity index (χ4n) is 5.22. The molecule has 3 heterocycles. The number of piperidine rings is 1.